The van der Waals surface area contributed by atoms with Crippen molar-refractivity contribution < 1.29 is 0 Å². The predicted octanol–water partition coefficient (Wildman–Crippen LogP) is 8.27. The van der Waals surface area contributed by atoms with Crippen molar-refractivity contribution in [3.05, 3.63) is 162 Å². The van der Waals surface area contributed by atoms with E-state index in [1.807, 2.05) is 12.1 Å². The summed E-state index contributed by atoms with van der Waals surface area (Å²) in [6.45, 7) is 0. The fourth-order valence-corrected chi connectivity index (χ4v) is 6.11. The molecule has 4 heteroatoms. The van der Waals surface area contributed by atoms with Crippen LogP contribution in [-0.4, -0.2) is 10.4 Å². The molecule has 1 aliphatic rings. The highest BCUT2D eigenvalue weighted by molar-refractivity contribution is 6.21. The van der Waals surface area contributed by atoms with E-state index in [-0.39, 0.29) is 12.3 Å². The van der Waals surface area contributed by atoms with Gasteiger partial charge < -0.3 is 9.88 Å². The second-order valence-corrected chi connectivity index (χ2v) is 10.5. The first-order chi connectivity index (χ1) is 20.3. The van der Waals surface area contributed by atoms with Crippen molar-refractivity contribution in [3.63, 3.8) is 0 Å². The number of benzene rings is 6. The van der Waals surface area contributed by atoms with Crippen molar-refractivity contribution in [2.24, 2.45) is 4.99 Å². The van der Waals surface area contributed by atoms with Gasteiger partial charge in [-0.05, 0) is 46.2 Å². The topological polar surface area (TPSA) is 41.4 Å². The summed E-state index contributed by atoms with van der Waals surface area (Å²) in [5.74, 6) is 0.890. The summed E-state index contributed by atoms with van der Waals surface area (Å²) in [6, 6.07) is 51.5. The number of aliphatic imine (C=N–C) groups is 1. The molecule has 1 aromatic heterocycles. The summed E-state index contributed by atoms with van der Waals surface area (Å²) in [5.41, 5.74) is 6.94. The highest BCUT2D eigenvalue weighted by atomic mass is 15.3. The number of nitrogens with zero attached hydrogens (tertiary/aromatic N) is 2. The van der Waals surface area contributed by atoms with E-state index in [0.717, 1.165) is 28.2 Å². The first-order valence-corrected chi connectivity index (χ1v) is 14.1. The van der Waals surface area contributed by atoms with E-state index in [1.54, 1.807) is 0 Å². The van der Waals surface area contributed by atoms with Gasteiger partial charge >= 0.3 is 0 Å². The van der Waals surface area contributed by atoms with Crippen LogP contribution in [0.15, 0.2) is 151 Å². The lowest BCUT2D eigenvalue weighted by atomic mass is 10.0. The zero-order valence-electron chi connectivity index (χ0n) is 22.4. The largest absolute Gasteiger partial charge is 0.350 e. The lowest BCUT2D eigenvalue weighted by molar-refractivity contribution is 0.409. The van der Waals surface area contributed by atoms with Gasteiger partial charge in [-0.3, -0.25) is 5.32 Å². The summed E-state index contributed by atoms with van der Waals surface area (Å²) < 4.78 is 2.38. The third kappa shape index (κ3) is 4.08. The van der Waals surface area contributed by atoms with Gasteiger partial charge in [-0.1, -0.05) is 121 Å². The predicted molar refractivity (Wildman–Crippen MR) is 169 cm³/mol. The fourth-order valence-electron chi connectivity index (χ4n) is 6.11. The molecule has 0 bridgehead atoms. The van der Waals surface area contributed by atoms with E-state index < -0.39 is 0 Å². The lowest BCUT2D eigenvalue weighted by Gasteiger charge is -2.32. The van der Waals surface area contributed by atoms with Crippen molar-refractivity contribution in [1.82, 2.24) is 15.2 Å². The van der Waals surface area contributed by atoms with Crippen molar-refractivity contribution >= 4 is 38.4 Å². The van der Waals surface area contributed by atoms with Crippen molar-refractivity contribution in [2.75, 3.05) is 0 Å². The second kappa shape index (κ2) is 9.77. The van der Waals surface area contributed by atoms with E-state index in [4.69, 9.17) is 4.99 Å². The van der Waals surface area contributed by atoms with Crippen LogP contribution in [0.25, 0.3) is 38.3 Å². The highest BCUT2D eigenvalue weighted by Gasteiger charge is 2.25. The number of nitrogens with one attached hydrogen (secondary N) is 2. The minimum absolute atomic E-state index is 0.0935. The van der Waals surface area contributed by atoms with Crippen LogP contribution in [0.5, 0.6) is 0 Å². The van der Waals surface area contributed by atoms with Gasteiger partial charge in [-0.25, -0.2) is 4.99 Å². The first kappa shape index (κ1) is 23.7. The molecule has 7 aromatic rings. The molecular weight excluding hydrogens is 500 g/mol. The van der Waals surface area contributed by atoms with Crippen molar-refractivity contribution in [3.8, 4) is 5.69 Å². The summed E-state index contributed by atoms with van der Waals surface area (Å²) in [4.78, 5) is 5.04. The molecular formula is C37H28N4. The Morgan fingerprint density at radius 3 is 2.02 bits per heavy atom. The van der Waals surface area contributed by atoms with Crippen LogP contribution in [0, 0.1) is 0 Å². The molecule has 0 aliphatic carbocycles. The summed E-state index contributed by atoms with van der Waals surface area (Å²) >= 11 is 0. The molecule has 4 nitrogen and oxygen atoms in total. The maximum atomic E-state index is 5.04. The monoisotopic (exact) mass is 528 g/mol. The normalized spacial score (nSPS) is 17.0. The molecule has 0 saturated heterocycles. The molecule has 0 saturated carbocycles. The number of hydrogen-bond donors (Lipinski definition) is 2. The number of rotatable bonds is 4. The van der Waals surface area contributed by atoms with Gasteiger partial charge in [0.15, 0.2) is 0 Å². The van der Waals surface area contributed by atoms with Gasteiger partial charge in [-0.2, -0.15) is 0 Å². The fraction of sp³-hybridized carbons (Fsp3) is 0.0541. The summed E-state index contributed by atoms with van der Waals surface area (Å²) in [5, 5.41) is 12.5. The van der Waals surface area contributed by atoms with Gasteiger partial charge in [0, 0.05) is 22.0 Å². The quantitative estimate of drug-likeness (QED) is 0.241. The maximum Gasteiger partial charge on any atom is 0.131 e. The van der Waals surface area contributed by atoms with E-state index in [2.05, 4.69) is 149 Å². The van der Waals surface area contributed by atoms with E-state index >= 15 is 0 Å². The first-order valence-electron chi connectivity index (χ1n) is 14.1. The molecule has 2 unspecified atom stereocenters. The number of hydrogen-bond acceptors (Lipinski definition) is 3. The standard InChI is InChI=1S/C37H28N4/c1-3-12-26(13-4-1)35-38-36(27-14-5-2-6-15-27)40-37(39-35)28-19-22-29(23-20-28)41-32-18-10-9-17-31(32)34-30-16-8-7-11-25(30)21-24-33(34)41/h1-24,35,37,39H,(H,38,40). The molecule has 0 fully saturated rings. The molecule has 41 heavy (non-hydrogen) atoms. The molecule has 196 valence electrons. The molecule has 2 atom stereocenters. The molecule has 0 radical (unpaired) electrons. The Morgan fingerprint density at radius 1 is 0.537 bits per heavy atom. The molecule has 0 amide bonds. The third-order valence-corrected chi connectivity index (χ3v) is 8.07. The summed E-state index contributed by atoms with van der Waals surface area (Å²) in [6.07, 6.45) is -0.244. The van der Waals surface area contributed by atoms with Crippen LogP contribution in [0.2, 0.25) is 0 Å². The summed E-state index contributed by atoms with van der Waals surface area (Å²) in [7, 11) is 0. The van der Waals surface area contributed by atoms with E-state index in [9.17, 15) is 0 Å². The van der Waals surface area contributed by atoms with Gasteiger partial charge in [-0.15, -0.1) is 0 Å². The zero-order valence-corrected chi connectivity index (χ0v) is 22.4. The number of amidine groups is 1. The Hall–Kier alpha value is -5.19. The molecule has 1 aliphatic heterocycles. The molecule has 0 spiro atoms. The SMILES string of the molecule is c1ccc(C2=NC(c3ccccc3)NC(c3ccc(-n4c5ccccc5c5c6ccccc6ccc54)cc3)N2)cc1. The van der Waals surface area contributed by atoms with Crippen LogP contribution in [0.1, 0.15) is 29.0 Å². The van der Waals surface area contributed by atoms with Crippen LogP contribution in [0.3, 0.4) is 0 Å². The minimum atomic E-state index is -0.150. The lowest BCUT2D eigenvalue weighted by Crippen LogP contribution is -2.44. The number of fused-ring (bicyclic) bond motifs is 5. The van der Waals surface area contributed by atoms with Crippen LogP contribution >= 0.6 is 0 Å². The smallest absolute Gasteiger partial charge is 0.131 e. The average molecular weight is 529 g/mol. The third-order valence-electron chi connectivity index (χ3n) is 8.07. The Labute approximate surface area is 238 Å². The molecule has 6 aromatic carbocycles. The van der Waals surface area contributed by atoms with Gasteiger partial charge in [0.1, 0.15) is 18.2 Å². The van der Waals surface area contributed by atoms with E-state index in [0.29, 0.717) is 0 Å². The van der Waals surface area contributed by atoms with Crippen molar-refractivity contribution in [1.29, 1.82) is 0 Å². The molecule has 8 rings (SSSR count). The van der Waals surface area contributed by atoms with Crippen LogP contribution < -0.4 is 10.6 Å². The van der Waals surface area contributed by atoms with Crippen LogP contribution in [0.4, 0.5) is 0 Å². The number of aromatic nitrogens is 1. The Kier molecular flexibility index (Phi) is 5.64. The molecule has 2 N–H and O–H groups in total. The molecule has 2 heterocycles. The van der Waals surface area contributed by atoms with E-state index in [1.165, 1.54) is 32.6 Å². The highest BCUT2D eigenvalue weighted by Crippen LogP contribution is 2.37. The number of para-hydroxylation sites is 1. The zero-order chi connectivity index (χ0) is 27.2. The van der Waals surface area contributed by atoms with Gasteiger partial charge in [0.25, 0.3) is 0 Å². The second-order valence-electron chi connectivity index (χ2n) is 10.5. The maximum absolute atomic E-state index is 5.04. The van der Waals surface area contributed by atoms with Crippen LogP contribution in [-0.2, 0) is 0 Å². The Balaban J connectivity index is 1.21. The Morgan fingerprint density at radius 2 is 1.22 bits per heavy atom. The van der Waals surface area contributed by atoms with Gasteiger partial charge in [0.05, 0.1) is 11.0 Å². The Bertz CT molecular complexity index is 2040. The van der Waals surface area contributed by atoms with Crippen molar-refractivity contribution in [2.45, 2.75) is 12.3 Å². The average Bonchev–Trinajstić information content (AvgIpc) is 3.40. The van der Waals surface area contributed by atoms with Gasteiger partial charge in [0.2, 0.25) is 0 Å². The minimum Gasteiger partial charge on any atom is -0.350 e.